The van der Waals surface area contributed by atoms with Gasteiger partial charge in [0.2, 0.25) is 0 Å². The number of rotatable bonds is 1. The van der Waals surface area contributed by atoms with Crippen LogP contribution in [0.25, 0.3) is 22.3 Å². The second-order valence-electron chi connectivity index (χ2n) is 4.40. The van der Waals surface area contributed by atoms with Crippen molar-refractivity contribution < 1.29 is 0 Å². The minimum absolute atomic E-state index is 0.120. The van der Waals surface area contributed by atoms with Crippen LogP contribution in [0, 0.1) is 6.92 Å². The van der Waals surface area contributed by atoms with E-state index in [4.69, 9.17) is 0 Å². The SMILES string of the molecule is Cc1cc(=O)[nH]c(-c2cccc3c2ccn3C)n1. The lowest BCUT2D eigenvalue weighted by Crippen LogP contribution is -2.08. The molecule has 1 N–H and O–H groups in total. The molecule has 0 fully saturated rings. The van der Waals surface area contributed by atoms with Gasteiger partial charge in [-0.05, 0) is 19.1 Å². The summed E-state index contributed by atoms with van der Waals surface area (Å²) in [6, 6.07) is 9.52. The van der Waals surface area contributed by atoms with Crippen molar-refractivity contribution in [3.63, 3.8) is 0 Å². The van der Waals surface area contributed by atoms with Crippen LogP contribution in [0.4, 0.5) is 0 Å². The Bertz CT molecular complexity index is 783. The van der Waals surface area contributed by atoms with Gasteiger partial charge in [0.1, 0.15) is 5.82 Å². The molecule has 3 rings (SSSR count). The molecule has 0 saturated carbocycles. The van der Waals surface area contributed by atoms with Gasteiger partial charge < -0.3 is 9.55 Å². The number of H-pyrrole nitrogens is 1. The predicted molar refractivity (Wildman–Crippen MR) is 71.5 cm³/mol. The normalized spacial score (nSPS) is 11.0. The molecule has 2 aromatic heterocycles. The highest BCUT2D eigenvalue weighted by atomic mass is 16.1. The number of benzene rings is 1. The molecule has 1 aromatic carbocycles. The second-order valence-corrected chi connectivity index (χ2v) is 4.40. The summed E-state index contributed by atoms with van der Waals surface area (Å²) in [5, 5.41) is 1.09. The molecule has 0 unspecified atom stereocenters. The number of hydrogen-bond acceptors (Lipinski definition) is 2. The fraction of sp³-hybridized carbons (Fsp3) is 0.143. The van der Waals surface area contributed by atoms with Crippen LogP contribution in [0.15, 0.2) is 41.3 Å². The molecule has 0 bridgehead atoms. The number of fused-ring (bicyclic) bond motifs is 1. The lowest BCUT2D eigenvalue weighted by molar-refractivity contribution is 0.969. The summed E-state index contributed by atoms with van der Waals surface area (Å²) in [5.41, 5.74) is 2.68. The molecule has 4 heteroatoms. The molecule has 90 valence electrons. The van der Waals surface area contributed by atoms with Crippen LogP contribution in [0.1, 0.15) is 5.69 Å². The van der Waals surface area contributed by atoms with Crippen molar-refractivity contribution in [1.29, 1.82) is 0 Å². The molecule has 0 spiro atoms. The molecule has 0 aliphatic rings. The Kier molecular flexibility index (Phi) is 2.30. The summed E-state index contributed by atoms with van der Waals surface area (Å²) in [7, 11) is 2.00. The fourth-order valence-electron chi connectivity index (χ4n) is 2.22. The Hall–Kier alpha value is -2.36. The van der Waals surface area contributed by atoms with Crippen LogP contribution in [-0.4, -0.2) is 14.5 Å². The van der Waals surface area contributed by atoms with Crippen molar-refractivity contribution >= 4 is 10.9 Å². The average molecular weight is 239 g/mol. The molecule has 2 heterocycles. The van der Waals surface area contributed by atoms with Gasteiger partial charge in [-0.15, -0.1) is 0 Å². The van der Waals surface area contributed by atoms with E-state index in [1.807, 2.05) is 49.0 Å². The van der Waals surface area contributed by atoms with Gasteiger partial charge in [-0.3, -0.25) is 4.79 Å². The first-order chi connectivity index (χ1) is 8.65. The van der Waals surface area contributed by atoms with E-state index < -0.39 is 0 Å². The molecule has 0 aliphatic heterocycles. The van der Waals surface area contributed by atoms with Crippen molar-refractivity contribution in [3.05, 3.63) is 52.6 Å². The van der Waals surface area contributed by atoms with Crippen LogP contribution in [0.5, 0.6) is 0 Å². The molecule has 0 saturated heterocycles. The number of aromatic nitrogens is 3. The number of nitrogens with zero attached hydrogens (tertiary/aromatic N) is 2. The Morgan fingerprint density at radius 3 is 2.89 bits per heavy atom. The molecule has 3 aromatic rings. The van der Waals surface area contributed by atoms with Crippen LogP contribution in [0.2, 0.25) is 0 Å². The molecule has 4 nitrogen and oxygen atoms in total. The van der Waals surface area contributed by atoms with Crippen LogP contribution < -0.4 is 5.56 Å². The van der Waals surface area contributed by atoms with Crippen molar-refractivity contribution in [1.82, 2.24) is 14.5 Å². The lowest BCUT2D eigenvalue weighted by atomic mass is 10.1. The third-order valence-electron chi connectivity index (χ3n) is 3.05. The largest absolute Gasteiger partial charge is 0.351 e. The zero-order valence-electron chi connectivity index (χ0n) is 10.3. The zero-order chi connectivity index (χ0) is 12.7. The number of hydrogen-bond donors (Lipinski definition) is 1. The van der Waals surface area contributed by atoms with Gasteiger partial charge in [0.05, 0.1) is 0 Å². The van der Waals surface area contributed by atoms with Crippen molar-refractivity contribution in [3.8, 4) is 11.4 Å². The standard InChI is InChI=1S/C14H13N3O/c1-9-8-13(18)16-14(15-9)11-4-3-5-12-10(11)6-7-17(12)2/h3-8H,1-2H3,(H,15,16,18). The third kappa shape index (κ3) is 1.62. The van der Waals surface area contributed by atoms with Crippen molar-refractivity contribution in [2.45, 2.75) is 6.92 Å². The maximum Gasteiger partial charge on any atom is 0.251 e. The van der Waals surface area contributed by atoms with E-state index in [9.17, 15) is 4.79 Å². The highest BCUT2D eigenvalue weighted by Gasteiger charge is 2.08. The van der Waals surface area contributed by atoms with E-state index in [1.54, 1.807) is 0 Å². The number of nitrogens with one attached hydrogen (secondary N) is 1. The Labute approximate surface area is 104 Å². The first kappa shape index (κ1) is 10.8. The van der Waals surface area contributed by atoms with Crippen LogP contribution in [0.3, 0.4) is 0 Å². The molecule has 0 atom stereocenters. The molecule has 0 aliphatic carbocycles. The van der Waals surface area contributed by atoms with Gasteiger partial charge in [0, 0.05) is 41.5 Å². The van der Waals surface area contributed by atoms with E-state index in [1.165, 1.54) is 6.07 Å². The summed E-state index contributed by atoms with van der Waals surface area (Å²) in [4.78, 5) is 18.7. The van der Waals surface area contributed by atoms with Gasteiger partial charge in [0.15, 0.2) is 0 Å². The van der Waals surface area contributed by atoms with E-state index >= 15 is 0 Å². The lowest BCUT2D eigenvalue weighted by Gasteiger charge is -2.04. The smallest absolute Gasteiger partial charge is 0.251 e. The fourth-order valence-corrected chi connectivity index (χ4v) is 2.22. The predicted octanol–water partition coefficient (Wildman–Crippen LogP) is 2.24. The van der Waals surface area contributed by atoms with E-state index in [-0.39, 0.29) is 5.56 Å². The maximum absolute atomic E-state index is 11.5. The summed E-state index contributed by atoms with van der Waals surface area (Å²) < 4.78 is 2.05. The number of aryl methyl sites for hydroxylation is 2. The van der Waals surface area contributed by atoms with Crippen molar-refractivity contribution in [2.75, 3.05) is 0 Å². The number of aromatic amines is 1. The molecular formula is C14H13N3O. The van der Waals surface area contributed by atoms with Gasteiger partial charge in [0.25, 0.3) is 5.56 Å². The van der Waals surface area contributed by atoms with E-state index in [2.05, 4.69) is 9.97 Å². The first-order valence-corrected chi connectivity index (χ1v) is 5.77. The van der Waals surface area contributed by atoms with Crippen LogP contribution >= 0.6 is 0 Å². The average Bonchev–Trinajstić information content (AvgIpc) is 2.70. The Morgan fingerprint density at radius 2 is 2.11 bits per heavy atom. The van der Waals surface area contributed by atoms with Crippen LogP contribution in [-0.2, 0) is 7.05 Å². The summed E-state index contributed by atoms with van der Waals surface area (Å²) in [6.07, 6.45) is 2.00. The molecule has 18 heavy (non-hydrogen) atoms. The van der Waals surface area contributed by atoms with Gasteiger partial charge in [-0.2, -0.15) is 0 Å². The Morgan fingerprint density at radius 1 is 1.28 bits per heavy atom. The molecule has 0 radical (unpaired) electrons. The Balaban J connectivity index is 2.34. The third-order valence-corrected chi connectivity index (χ3v) is 3.05. The van der Waals surface area contributed by atoms with E-state index in [0.29, 0.717) is 5.82 Å². The van der Waals surface area contributed by atoms with Gasteiger partial charge >= 0.3 is 0 Å². The van der Waals surface area contributed by atoms with E-state index in [0.717, 1.165) is 22.2 Å². The highest BCUT2D eigenvalue weighted by Crippen LogP contribution is 2.26. The highest BCUT2D eigenvalue weighted by molar-refractivity contribution is 5.93. The summed E-state index contributed by atoms with van der Waals surface area (Å²) >= 11 is 0. The topological polar surface area (TPSA) is 50.7 Å². The minimum Gasteiger partial charge on any atom is -0.351 e. The minimum atomic E-state index is -0.120. The molecular weight excluding hydrogens is 226 g/mol. The maximum atomic E-state index is 11.5. The zero-order valence-corrected chi connectivity index (χ0v) is 10.3. The van der Waals surface area contributed by atoms with Crippen molar-refractivity contribution in [2.24, 2.45) is 7.05 Å². The van der Waals surface area contributed by atoms with Gasteiger partial charge in [-0.25, -0.2) is 4.98 Å². The molecule has 0 amide bonds. The second kappa shape index (κ2) is 3.84. The monoisotopic (exact) mass is 239 g/mol. The van der Waals surface area contributed by atoms with Gasteiger partial charge in [-0.1, -0.05) is 12.1 Å². The quantitative estimate of drug-likeness (QED) is 0.708. The summed E-state index contributed by atoms with van der Waals surface area (Å²) in [6.45, 7) is 1.82. The first-order valence-electron chi connectivity index (χ1n) is 5.77. The summed E-state index contributed by atoms with van der Waals surface area (Å²) in [5.74, 6) is 0.622.